The highest BCUT2D eigenvalue weighted by Crippen LogP contribution is 2.27. The minimum atomic E-state index is -0.531. The summed E-state index contributed by atoms with van der Waals surface area (Å²) < 4.78 is 13.6. The maximum atomic E-state index is 13.2. The van der Waals surface area contributed by atoms with E-state index in [0.717, 1.165) is 5.56 Å². The summed E-state index contributed by atoms with van der Waals surface area (Å²) in [5.41, 5.74) is 6.75. The van der Waals surface area contributed by atoms with Crippen molar-refractivity contribution in [1.82, 2.24) is 0 Å². The molecule has 0 bridgehead atoms. The van der Waals surface area contributed by atoms with Crippen LogP contribution in [0.3, 0.4) is 0 Å². The molecule has 1 aromatic carbocycles. The van der Waals surface area contributed by atoms with Crippen LogP contribution in [0.15, 0.2) is 28.1 Å². The number of benzene rings is 1. The van der Waals surface area contributed by atoms with Gasteiger partial charge in [-0.15, -0.1) is 11.3 Å². The molecule has 17 heavy (non-hydrogen) atoms. The Morgan fingerprint density at radius 1 is 1.47 bits per heavy atom. The first-order valence-electron chi connectivity index (χ1n) is 4.84. The molecule has 1 heterocycles. The van der Waals surface area contributed by atoms with E-state index in [1.807, 2.05) is 18.4 Å². The third-order valence-electron chi connectivity index (χ3n) is 2.40. The van der Waals surface area contributed by atoms with Crippen LogP contribution in [0.25, 0.3) is 0 Å². The number of ketones is 1. The van der Waals surface area contributed by atoms with E-state index in [9.17, 15) is 9.18 Å². The molecule has 5 heteroatoms. The highest BCUT2D eigenvalue weighted by Gasteiger charge is 2.17. The van der Waals surface area contributed by atoms with E-state index in [4.69, 9.17) is 5.73 Å². The van der Waals surface area contributed by atoms with E-state index >= 15 is 0 Å². The van der Waals surface area contributed by atoms with Crippen LogP contribution in [-0.4, -0.2) is 5.78 Å². The first kappa shape index (κ1) is 12.3. The largest absolute Gasteiger partial charge is 0.396 e. The average molecular weight is 314 g/mol. The van der Waals surface area contributed by atoms with Gasteiger partial charge in [-0.05, 0) is 52.0 Å². The van der Waals surface area contributed by atoms with E-state index in [2.05, 4.69) is 15.9 Å². The summed E-state index contributed by atoms with van der Waals surface area (Å²) in [5.74, 6) is -0.674. The summed E-state index contributed by atoms with van der Waals surface area (Å²) in [6.45, 7) is 1.87. The number of nitrogens with two attached hydrogens (primary N) is 1. The summed E-state index contributed by atoms with van der Waals surface area (Å²) in [6, 6.07) is 4.45. The van der Waals surface area contributed by atoms with Crippen molar-refractivity contribution in [3.8, 4) is 0 Å². The molecule has 0 spiro atoms. The minimum absolute atomic E-state index is 0.0224. The predicted molar refractivity (Wildman–Crippen MR) is 71.0 cm³/mol. The van der Waals surface area contributed by atoms with Crippen LogP contribution in [0.2, 0.25) is 0 Å². The van der Waals surface area contributed by atoms with Crippen molar-refractivity contribution in [1.29, 1.82) is 0 Å². The zero-order chi connectivity index (χ0) is 12.6. The second kappa shape index (κ2) is 4.58. The molecule has 88 valence electrons. The third-order valence-corrected chi connectivity index (χ3v) is 4.07. The molecule has 0 aliphatic heterocycles. The molecule has 0 fully saturated rings. The van der Waals surface area contributed by atoms with Gasteiger partial charge in [-0.25, -0.2) is 4.39 Å². The summed E-state index contributed by atoms with van der Waals surface area (Å²) >= 11 is 4.55. The molecule has 0 unspecified atom stereocenters. The Morgan fingerprint density at radius 2 is 2.18 bits per heavy atom. The van der Waals surface area contributed by atoms with Gasteiger partial charge in [0, 0.05) is 10.0 Å². The van der Waals surface area contributed by atoms with Gasteiger partial charge in [0.1, 0.15) is 5.82 Å². The van der Waals surface area contributed by atoms with Crippen LogP contribution in [-0.2, 0) is 0 Å². The Bertz CT molecular complexity index is 594. The number of thiophene rings is 1. The molecule has 0 aliphatic carbocycles. The second-order valence-corrected chi connectivity index (χ2v) is 5.39. The van der Waals surface area contributed by atoms with Crippen LogP contribution >= 0.6 is 27.3 Å². The Balaban J connectivity index is 2.52. The van der Waals surface area contributed by atoms with Crippen LogP contribution in [0.4, 0.5) is 10.1 Å². The van der Waals surface area contributed by atoms with Crippen molar-refractivity contribution in [3.63, 3.8) is 0 Å². The maximum absolute atomic E-state index is 13.2. The molecule has 0 amide bonds. The van der Waals surface area contributed by atoms with E-state index in [1.54, 1.807) is 0 Å². The number of rotatable bonds is 2. The number of halogens is 2. The topological polar surface area (TPSA) is 43.1 Å². The van der Waals surface area contributed by atoms with Gasteiger partial charge in [-0.3, -0.25) is 4.79 Å². The van der Waals surface area contributed by atoms with Gasteiger partial charge in [-0.2, -0.15) is 0 Å². The summed E-state index contributed by atoms with van der Waals surface area (Å²) in [7, 11) is 0. The molecule has 2 aromatic rings. The standard InChI is InChI=1S/C12H9BrFNOS/c1-6-2-3-17-12(6)11(16)7-4-10(15)9(14)5-8(7)13/h2-5H,15H2,1H3. The van der Waals surface area contributed by atoms with Crippen molar-refractivity contribution < 1.29 is 9.18 Å². The zero-order valence-corrected chi connectivity index (χ0v) is 11.4. The first-order chi connectivity index (χ1) is 8.00. The quantitative estimate of drug-likeness (QED) is 0.677. The van der Waals surface area contributed by atoms with Crippen molar-refractivity contribution in [3.05, 3.63) is 49.9 Å². The number of carbonyl (C=O) groups is 1. The summed E-state index contributed by atoms with van der Waals surface area (Å²) in [5, 5.41) is 1.85. The van der Waals surface area contributed by atoms with Gasteiger partial charge in [0.05, 0.1) is 10.6 Å². The SMILES string of the molecule is Cc1ccsc1C(=O)c1cc(N)c(F)cc1Br. The minimum Gasteiger partial charge on any atom is -0.396 e. The molecule has 0 aliphatic rings. The lowest BCUT2D eigenvalue weighted by molar-refractivity contribution is 0.104. The van der Waals surface area contributed by atoms with E-state index in [1.165, 1.54) is 23.5 Å². The number of hydrogen-bond donors (Lipinski definition) is 1. The lowest BCUT2D eigenvalue weighted by Crippen LogP contribution is -2.04. The Kier molecular flexibility index (Phi) is 3.31. The first-order valence-corrected chi connectivity index (χ1v) is 6.51. The maximum Gasteiger partial charge on any atom is 0.204 e. The highest BCUT2D eigenvalue weighted by atomic mass is 79.9. The summed E-state index contributed by atoms with van der Waals surface area (Å²) in [4.78, 5) is 12.9. The van der Waals surface area contributed by atoms with Gasteiger partial charge in [0.15, 0.2) is 0 Å². The van der Waals surface area contributed by atoms with E-state index < -0.39 is 5.82 Å². The Labute approximate surface area is 110 Å². The smallest absolute Gasteiger partial charge is 0.204 e. The number of hydrogen-bond acceptors (Lipinski definition) is 3. The lowest BCUT2D eigenvalue weighted by atomic mass is 10.1. The van der Waals surface area contributed by atoms with Crippen molar-refractivity contribution in [2.45, 2.75) is 6.92 Å². The van der Waals surface area contributed by atoms with Crippen LogP contribution < -0.4 is 5.73 Å². The number of anilines is 1. The molecular weight excluding hydrogens is 305 g/mol. The highest BCUT2D eigenvalue weighted by molar-refractivity contribution is 9.10. The molecule has 1 aromatic heterocycles. The Hall–Kier alpha value is -1.20. The fraction of sp³-hybridized carbons (Fsp3) is 0.0833. The van der Waals surface area contributed by atoms with Crippen LogP contribution in [0.5, 0.6) is 0 Å². The average Bonchev–Trinajstić information content (AvgIpc) is 2.69. The van der Waals surface area contributed by atoms with Gasteiger partial charge in [-0.1, -0.05) is 0 Å². The molecule has 0 atom stereocenters. The fourth-order valence-electron chi connectivity index (χ4n) is 1.47. The molecule has 0 saturated carbocycles. The number of nitrogen functional groups attached to an aromatic ring is 1. The summed E-state index contributed by atoms with van der Waals surface area (Å²) in [6.07, 6.45) is 0. The van der Waals surface area contributed by atoms with Gasteiger partial charge < -0.3 is 5.73 Å². The monoisotopic (exact) mass is 313 g/mol. The van der Waals surface area contributed by atoms with Gasteiger partial charge in [0.2, 0.25) is 5.78 Å². The number of carbonyl (C=O) groups excluding carboxylic acids is 1. The lowest BCUT2D eigenvalue weighted by Gasteiger charge is -2.05. The Morgan fingerprint density at radius 3 is 2.76 bits per heavy atom. The van der Waals surface area contributed by atoms with Crippen molar-refractivity contribution in [2.75, 3.05) is 5.73 Å². The molecular formula is C12H9BrFNOS. The molecule has 0 radical (unpaired) electrons. The van der Waals surface area contributed by atoms with E-state index in [0.29, 0.717) is 14.9 Å². The fourth-order valence-corrected chi connectivity index (χ4v) is 2.84. The molecule has 0 saturated heterocycles. The van der Waals surface area contributed by atoms with Crippen molar-refractivity contribution in [2.24, 2.45) is 0 Å². The molecule has 2 nitrogen and oxygen atoms in total. The van der Waals surface area contributed by atoms with Crippen LogP contribution in [0.1, 0.15) is 20.8 Å². The zero-order valence-electron chi connectivity index (χ0n) is 8.96. The van der Waals surface area contributed by atoms with Crippen LogP contribution in [0, 0.1) is 12.7 Å². The van der Waals surface area contributed by atoms with Crippen molar-refractivity contribution >= 4 is 38.7 Å². The van der Waals surface area contributed by atoms with E-state index in [-0.39, 0.29) is 11.5 Å². The third kappa shape index (κ3) is 2.25. The van der Waals surface area contributed by atoms with Gasteiger partial charge in [0.25, 0.3) is 0 Å². The normalized spacial score (nSPS) is 10.5. The van der Waals surface area contributed by atoms with Gasteiger partial charge >= 0.3 is 0 Å². The number of aryl methyl sites for hydroxylation is 1. The predicted octanol–water partition coefficient (Wildman–Crippen LogP) is 3.77. The molecule has 2 rings (SSSR count). The second-order valence-electron chi connectivity index (χ2n) is 3.62. The molecule has 2 N–H and O–H groups in total.